The van der Waals surface area contributed by atoms with Gasteiger partial charge in [0.25, 0.3) is 5.91 Å². The van der Waals surface area contributed by atoms with Gasteiger partial charge in [-0.25, -0.2) is 4.99 Å². The molecular weight excluding hydrogens is 457 g/mol. The predicted molar refractivity (Wildman–Crippen MR) is 117 cm³/mol. The molecule has 0 saturated heterocycles. The van der Waals surface area contributed by atoms with Crippen LogP contribution in [0.4, 0.5) is 0 Å². The number of carbonyl (C=O) groups excluding carboxylic acids is 1. The number of aryl methyl sites for hydroxylation is 1. The molecule has 27 heavy (non-hydrogen) atoms. The van der Waals surface area contributed by atoms with Crippen molar-refractivity contribution in [3.63, 3.8) is 0 Å². The Bertz CT molecular complexity index is 745. The fourth-order valence-electron chi connectivity index (χ4n) is 2.50. The predicted octanol–water partition coefficient (Wildman–Crippen LogP) is 1.57. The van der Waals surface area contributed by atoms with Crippen molar-refractivity contribution in [1.29, 1.82) is 0 Å². The van der Waals surface area contributed by atoms with Crippen molar-refractivity contribution in [3.8, 4) is 0 Å². The average molecular weight is 485 g/mol. The average Bonchev–Trinajstić information content (AvgIpc) is 3.13. The van der Waals surface area contributed by atoms with E-state index in [1.165, 1.54) is 0 Å². The van der Waals surface area contributed by atoms with Crippen LogP contribution in [0, 0.1) is 0 Å². The van der Waals surface area contributed by atoms with E-state index in [9.17, 15) is 4.79 Å². The van der Waals surface area contributed by atoms with E-state index < -0.39 is 0 Å². The van der Waals surface area contributed by atoms with Crippen molar-refractivity contribution in [2.24, 2.45) is 4.99 Å². The first-order chi connectivity index (χ1) is 12.7. The summed E-state index contributed by atoms with van der Waals surface area (Å²) in [6.07, 6.45) is 2.60. The van der Waals surface area contributed by atoms with Gasteiger partial charge < -0.3 is 20.5 Å². The third-order valence-corrected chi connectivity index (χ3v) is 3.84. The third-order valence-electron chi connectivity index (χ3n) is 3.84. The molecule has 8 nitrogen and oxygen atoms in total. The van der Waals surface area contributed by atoms with Gasteiger partial charge in [0.15, 0.2) is 5.96 Å². The molecule has 0 bridgehead atoms. The summed E-state index contributed by atoms with van der Waals surface area (Å²) < 4.78 is 2.03. The highest BCUT2D eigenvalue weighted by molar-refractivity contribution is 14.0. The molecule has 1 aromatic heterocycles. The molecule has 0 radical (unpaired) electrons. The number of nitrogens with one attached hydrogen (secondary N) is 3. The van der Waals surface area contributed by atoms with E-state index in [4.69, 9.17) is 0 Å². The highest BCUT2D eigenvalue weighted by Crippen LogP contribution is 2.06. The summed E-state index contributed by atoms with van der Waals surface area (Å²) in [5.74, 6) is 1.62. The van der Waals surface area contributed by atoms with Crippen molar-refractivity contribution in [1.82, 2.24) is 30.7 Å². The van der Waals surface area contributed by atoms with E-state index in [-0.39, 0.29) is 29.9 Å². The zero-order valence-electron chi connectivity index (χ0n) is 16.0. The van der Waals surface area contributed by atoms with Crippen molar-refractivity contribution in [2.75, 3.05) is 20.1 Å². The van der Waals surface area contributed by atoms with Crippen LogP contribution in [0.1, 0.15) is 35.6 Å². The van der Waals surface area contributed by atoms with Crippen LogP contribution < -0.4 is 16.0 Å². The topological polar surface area (TPSA) is 96.2 Å². The second-order valence-electron chi connectivity index (χ2n) is 5.70. The Balaban J connectivity index is 0.00000364. The molecule has 1 heterocycles. The standard InChI is InChI=1S/C18H27N7O.HI/c1-4-16-24-23-13-25(16)10-9-21-18(20-5-2)22-12-14-7-6-8-15(11-14)17(26)19-3;/h6-8,11,13H,4-5,9-10,12H2,1-3H3,(H,19,26)(H2,20,21,22);1H. The van der Waals surface area contributed by atoms with Gasteiger partial charge in [0.05, 0.1) is 6.54 Å². The molecule has 2 rings (SSSR count). The van der Waals surface area contributed by atoms with Crippen LogP contribution in [0.15, 0.2) is 35.6 Å². The smallest absolute Gasteiger partial charge is 0.251 e. The Morgan fingerprint density at radius 2 is 2.07 bits per heavy atom. The first-order valence-corrected chi connectivity index (χ1v) is 8.87. The number of amides is 1. The highest BCUT2D eigenvalue weighted by Gasteiger charge is 2.05. The van der Waals surface area contributed by atoms with Gasteiger partial charge >= 0.3 is 0 Å². The van der Waals surface area contributed by atoms with Crippen molar-refractivity contribution < 1.29 is 4.79 Å². The van der Waals surface area contributed by atoms with E-state index in [2.05, 4.69) is 38.1 Å². The molecule has 9 heteroatoms. The molecule has 0 fully saturated rings. The normalized spacial score (nSPS) is 10.9. The number of benzene rings is 1. The maximum Gasteiger partial charge on any atom is 0.251 e. The van der Waals surface area contributed by atoms with Crippen LogP contribution in [0.3, 0.4) is 0 Å². The van der Waals surface area contributed by atoms with Crippen molar-refractivity contribution >= 4 is 35.8 Å². The van der Waals surface area contributed by atoms with Gasteiger partial charge in [0, 0.05) is 38.7 Å². The molecule has 0 aliphatic heterocycles. The first kappa shape index (κ1) is 22.9. The summed E-state index contributed by atoms with van der Waals surface area (Å²) in [5, 5.41) is 17.2. The molecule has 0 saturated carbocycles. The maximum atomic E-state index is 11.7. The Hall–Kier alpha value is -2.17. The zero-order chi connectivity index (χ0) is 18.8. The molecule has 3 N–H and O–H groups in total. The zero-order valence-corrected chi connectivity index (χ0v) is 18.4. The number of aliphatic imine (C=N–C) groups is 1. The fourth-order valence-corrected chi connectivity index (χ4v) is 2.50. The fraction of sp³-hybridized carbons (Fsp3) is 0.444. The van der Waals surface area contributed by atoms with Crippen LogP contribution in [-0.2, 0) is 19.5 Å². The third kappa shape index (κ3) is 7.16. The minimum atomic E-state index is -0.0958. The van der Waals surface area contributed by atoms with E-state index in [0.29, 0.717) is 12.1 Å². The lowest BCUT2D eigenvalue weighted by Gasteiger charge is -2.12. The maximum absolute atomic E-state index is 11.7. The Morgan fingerprint density at radius 3 is 2.78 bits per heavy atom. The van der Waals surface area contributed by atoms with Gasteiger partial charge in [-0.2, -0.15) is 0 Å². The first-order valence-electron chi connectivity index (χ1n) is 8.87. The Labute approximate surface area is 177 Å². The number of aromatic nitrogens is 3. The number of hydrogen-bond acceptors (Lipinski definition) is 4. The molecule has 0 aliphatic rings. The van der Waals surface area contributed by atoms with Gasteiger partial charge in [-0.3, -0.25) is 4.79 Å². The lowest BCUT2D eigenvalue weighted by atomic mass is 10.1. The summed E-state index contributed by atoms with van der Waals surface area (Å²) in [6.45, 7) is 6.84. The monoisotopic (exact) mass is 485 g/mol. The Kier molecular flexibility index (Phi) is 10.4. The molecule has 0 atom stereocenters. The van der Waals surface area contributed by atoms with Gasteiger partial charge in [-0.15, -0.1) is 34.2 Å². The van der Waals surface area contributed by atoms with Gasteiger partial charge in [0.1, 0.15) is 12.2 Å². The SMILES string of the molecule is CCNC(=NCc1cccc(C(=O)NC)c1)NCCn1cnnc1CC.I. The number of rotatable bonds is 8. The molecule has 1 aromatic carbocycles. The van der Waals surface area contributed by atoms with Crippen LogP contribution in [0.5, 0.6) is 0 Å². The summed E-state index contributed by atoms with van der Waals surface area (Å²) in [7, 11) is 1.63. The molecule has 0 spiro atoms. The molecule has 2 aromatic rings. The number of hydrogen-bond donors (Lipinski definition) is 3. The quantitative estimate of drug-likeness (QED) is 0.300. The van der Waals surface area contributed by atoms with Crippen LogP contribution in [0.2, 0.25) is 0 Å². The largest absolute Gasteiger partial charge is 0.357 e. The van der Waals surface area contributed by atoms with Gasteiger partial charge in [-0.05, 0) is 24.6 Å². The summed E-state index contributed by atoms with van der Waals surface area (Å²) in [5.41, 5.74) is 1.62. The molecule has 148 valence electrons. The summed E-state index contributed by atoms with van der Waals surface area (Å²) >= 11 is 0. The van der Waals surface area contributed by atoms with Crippen LogP contribution in [0.25, 0.3) is 0 Å². The van der Waals surface area contributed by atoms with E-state index in [1.807, 2.05) is 29.7 Å². The Morgan fingerprint density at radius 1 is 1.26 bits per heavy atom. The number of nitrogens with zero attached hydrogens (tertiary/aromatic N) is 4. The summed E-state index contributed by atoms with van der Waals surface area (Å²) in [4.78, 5) is 16.3. The molecular formula is C18H28IN7O. The van der Waals surface area contributed by atoms with Crippen LogP contribution >= 0.6 is 24.0 Å². The number of guanidine groups is 1. The van der Waals surface area contributed by atoms with E-state index in [1.54, 1.807) is 19.4 Å². The second kappa shape index (κ2) is 12.3. The van der Waals surface area contributed by atoms with Crippen LogP contribution in [-0.4, -0.2) is 46.8 Å². The lowest BCUT2D eigenvalue weighted by Crippen LogP contribution is -2.38. The van der Waals surface area contributed by atoms with Crippen molar-refractivity contribution in [2.45, 2.75) is 33.4 Å². The van der Waals surface area contributed by atoms with E-state index >= 15 is 0 Å². The lowest BCUT2D eigenvalue weighted by molar-refractivity contribution is 0.0963. The van der Waals surface area contributed by atoms with Gasteiger partial charge in [-0.1, -0.05) is 19.1 Å². The molecule has 1 amide bonds. The minimum absolute atomic E-state index is 0. The number of carbonyl (C=O) groups is 1. The van der Waals surface area contributed by atoms with Crippen molar-refractivity contribution in [3.05, 3.63) is 47.5 Å². The molecule has 0 unspecified atom stereocenters. The van der Waals surface area contributed by atoms with E-state index in [0.717, 1.165) is 43.4 Å². The number of halogens is 1. The minimum Gasteiger partial charge on any atom is -0.357 e. The second-order valence-corrected chi connectivity index (χ2v) is 5.70. The molecule has 0 aliphatic carbocycles. The highest BCUT2D eigenvalue weighted by atomic mass is 127. The van der Waals surface area contributed by atoms with Gasteiger partial charge in [0.2, 0.25) is 0 Å². The summed E-state index contributed by atoms with van der Waals surface area (Å²) in [6, 6.07) is 7.48.